The van der Waals surface area contributed by atoms with Crippen LogP contribution < -0.4 is 20.1 Å². The molecule has 1 aromatic carbocycles. The van der Waals surface area contributed by atoms with Gasteiger partial charge in [0.05, 0.1) is 20.3 Å². The first kappa shape index (κ1) is 19.1. The van der Waals surface area contributed by atoms with Crippen molar-refractivity contribution in [3.8, 4) is 11.5 Å². The molecule has 6 heteroatoms. The van der Waals surface area contributed by atoms with Gasteiger partial charge in [-0.3, -0.25) is 9.59 Å². The van der Waals surface area contributed by atoms with Crippen molar-refractivity contribution in [1.29, 1.82) is 0 Å². The molecule has 0 saturated heterocycles. The van der Waals surface area contributed by atoms with Crippen molar-refractivity contribution in [2.24, 2.45) is 5.92 Å². The van der Waals surface area contributed by atoms with Gasteiger partial charge >= 0.3 is 0 Å². The van der Waals surface area contributed by atoms with Crippen molar-refractivity contribution in [2.75, 3.05) is 14.2 Å². The summed E-state index contributed by atoms with van der Waals surface area (Å²) < 4.78 is 10.6. The molecule has 1 fully saturated rings. The molecule has 0 aliphatic heterocycles. The van der Waals surface area contributed by atoms with E-state index in [1.165, 1.54) is 6.92 Å². The predicted molar refractivity (Wildman–Crippen MR) is 95.7 cm³/mol. The second-order valence-corrected chi connectivity index (χ2v) is 6.57. The zero-order chi connectivity index (χ0) is 18.4. The zero-order valence-corrected chi connectivity index (χ0v) is 15.4. The molecule has 0 heterocycles. The third kappa shape index (κ3) is 4.87. The number of benzene rings is 1. The van der Waals surface area contributed by atoms with Crippen LogP contribution in [0.25, 0.3) is 0 Å². The molecule has 2 unspecified atom stereocenters. The van der Waals surface area contributed by atoms with Crippen molar-refractivity contribution >= 4 is 11.8 Å². The van der Waals surface area contributed by atoms with Gasteiger partial charge < -0.3 is 20.1 Å². The molecule has 1 saturated carbocycles. The topological polar surface area (TPSA) is 76.7 Å². The highest BCUT2D eigenvalue weighted by Gasteiger charge is 2.32. The first-order valence-corrected chi connectivity index (χ1v) is 8.75. The maximum absolute atomic E-state index is 12.7. The van der Waals surface area contributed by atoms with E-state index in [-0.39, 0.29) is 23.8 Å². The molecule has 2 atom stereocenters. The standard InChI is InChI=1S/C19H28N2O4/c1-12(15-9-10-16(24-3)17(11-15)25-4)20-19(23)18(21-13(2)22)14-7-5-6-8-14/h9-12,14,18H,5-8H2,1-4H3,(H,20,23)(H,21,22). The molecule has 0 bridgehead atoms. The molecule has 2 N–H and O–H groups in total. The first-order valence-electron chi connectivity index (χ1n) is 8.75. The van der Waals surface area contributed by atoms with Gasteiger partial charge in [0.25, 0.3) is 0 Å². The van der Waals surface area contributed by atoms with Gasteiger partial charge in [-0.1, -0.05) is 18.9 Å². The molecule has 25 heavy (non-hydrogen) atoms. The summed E-state index contributed by atoms with van der Waals surface area (Å²) in [5.41, 5.74) is 0.916. The van der Waals surface area contributed by atoms with Crippen molar-refractivity contribution in [3.05, 3.63) is 23.8 Å². The maximum atomic E-state index is 12.7. The smallest absolute Gasteiger partial charge is 0.243 e. The summed E-state index contributed by atoms with van der Waals surface area (Å²) in [6.45, 7) is 3.37. The van der Waals surface area contributed by atoms with Crippen LogP contribution in [0.3, 0.4) is 0 Å². The normalized spacial score (nSPS) is 16.8. The molecule has 6 nitrogen and oxygen atoms in total. The third-order valence-corrected chi connectivity index (χ3v) is 4.78. The lowest BCUT2D eigenvalue weighted by atomic mass is 9.96. The van der Waals surface area contributed by atoms with Crippen molar-refractivity contribution in [2.45, 2.75) is 51.6 Å². The first-order chi connectivity index (χ1) is 12.0. The minimum absolute atomic E-state index is 0.135. The second kappa shape index (κ2) is 8.74. The highest BCUT2D eigenvalue weighted by molar-refractivity contribution is 5.87. The quantitative estimate of drug-likeness (QED) is 0.794. The summed E-state index contributed by atoms with van der Waals surface area (Å²) >= 11 is 0. The van der Waals surface area contributed by atoms with Gasteiger partial charge in [-0.05, 0) is 43.4 Å². The van der Waals surface area contributed by atoms with E-state index in [9.17, 15) is 9.59 Å². The molecule has 0 aromatic heterocycles. The van der Waals surface area contributed by atoms with Gasteiger partial charge in [0.2, 0.25) is 11.8 Å². The van der Waals surface area contributed by atoms with Crippen LogP contribution in [0.5, 0.6) is 11.5 Å². The van der Waals surface area contributed by atoms with Gasteiger partial charge in [0, 0.05) is 6.92 Å². The van der Waals surface area contributed by atoms with Crippen LogP contribution in [0.2, 0.25) is 0 Å². The highest BCUT2D eigenvalue weighted by Crippen LogP contribution is 2.31. The fourth-order valence-corrected chi connectivity index (χ4v) is 3.42. The maximum Gasteiger partial charge on any atom is 0.243 e. The minimum atomic E-state index is -0.470. The fourth-order valence-electron chi connectivity index (χ4n) is 3.42. The Morgan fingerprint density at radius 1 is 1.08 bits per heavy atom. The molecule has 0 radical (unpaired) electrons. The number of nitrogens with one attached hydrogen (secondary N) is 2. The summed E-state index contributed by atoms with van der Waals surface area (Å²) in [5.74, 6) is 1.17. The van der Waals surface area contributed by atoms with Crippen LogP contribution in [0.1, 0.15) is 51.1 Å². The Bertz CT molecular complexity index is 611. The lowest BCUT2D eigenvalue weighted by molar-refractivity contribution is -0.129. The van der Waals surface area contributed by atoms with E-state index in [2.05, 4.69) is 10.6 Å². The van der Waals surface area contributed by atoms with Crippen LogP contribution >= 0.6 is 0 Å². The number of amides is 2. The monoisotopic (exact) mass is 348 g/mol. The van der Waals surface area contributed by atoms with E-state index in [4.69, 9.17) is 9.47 Å². The van der Waals surface area contributed by atoms with E-state index in [1.807, 2.05) is 25.1 Å². The predicted octanol–water partition coefficient (Wildman–Crippen LogP) is 2.58. The van der Waals surface area contributed by atoms with Crippen LogP contribution in [0.15, 0.2) is 18.2 Å². The highest BCUT2D eigenvalue weighted by atomic mass is 16.5. The number of rotatable bonds is 7. The van der Waals surface area contributed by atoms with E-state index >= 15 is 0 Å². The SMILES string of the molecule is COc1ccc(C(C)NC(=O)C(NC(C)=O)C2CCCC2)cc1OC. The minimum Gasteiger partial charge on any atom is -0.493 e. The van der Waals surface area contributed by atoms with E-state index < -0.39 is 6.04 Å². The Kier molecular flexibility index (Phi) is 6.67. The Labute approximate surface area is 149 Å². The van der Waals surface area contributed by atoms with Crippen molar-refractivity contribution < 1.29 is 19.1 Å². The number of methoxy groups -OCH3 is 2. The average Bonchev–Trinajstić information content (AvgIpc) is 3.12. The Balaban J connectivity index is 2.10. The zero-order valence-electron chi connectivity index (χ0n) is 15.4. The number of ether oxygens (including phenoxy) is 2. The Morgan fingerprint density at radius 2 is 1.72 bits per heavy atom. The van der Waals surface area contributed by atoms with Gasteiger partial charge in [0.15, 0.2) is 11.5 Å². The molecule has 2 amide bonds. The fraction of sp³-hybridized carbons (Fsp3) is 0.579. The lowest BCUT2D eigenvalue weighted by Gasteiger charge is -2.25. The molecular formula is C19H28N2O4. The second-order valence-electron chi connectivity index (χ2n) is 6.57. The number of carbonyl (C=O) groups excluding carboxylic acids is 2. The number of hydrogen-bond acceptors (Lipinski definition) is 4. The molecular weight excluding hydrogens is 320 g/mol. The molecule has 2 rings (SSSR count). The van der Waals surface area contributed by atoms with Gasteiger partial charge in [-0.15, -0.1) is 0 Å². The van der Waals surface area contributed by atoms with Crippen LogP contribution in [-0.2, 0) is 9.59 Å². The number of hydrogen-bond donors (Lipinski definition) is 2. The molecule has 1 aliphatic rings. The lowest BCUT2D eigenvalue weighted by Crippen LogP contribution is -2.50. The Morgan fingerprint density at radius 3 is 2.28 bits per heavy atom. The van der Waals surface area contributed by atoms with Gasteiger partial charge in [0.1, 0.15) is 6.04 Å². The van der Waals surface area contributed by atoms with E-state index in [0.717, 1.165) is 31.2 Å². The summed E-state index contributed by atoms with van der Waals surface area (Å²) in [7, 11) is 3.17. The Hall–Kier alpha value is -2.24. The molecule has 138 valence electrons. The molecule has 1 aromatic rings. The van der Waals surface area contributed by atoms with Crippen LogP contribution in [0.4, 0.5) is 0 Å². The van der Waals surface area contributed by atoms with Crippen molar-refractivity contribution in [1.82, 2.24) is 10.6 Å². The summed E-state index contributed by atoms with van der Waals surface area (Å²) in [5, 5.41) is 5.84. The van der Waals surface area contributed by atoms with Crippen LogP contribution in [0, 0.1) is 5.92 Å². The van der Waals surface area contributed by atoms with Gasteiger partial charge in [-0.2, -0.15) is 0 Å². The van der Waals surface area contributed by atoms with Gasteiger partial charge in [-0.25, -0.2) is 0 Å². The van der Waals surface area contributed by atoms with Crippen LogP contribution in [-0.4, -0.2) is 32.1 Å². The van der Waals surface area contributed by atoms with Crippen molar-refractivity contribution in [3.63, 3.8) is 0 Å². The van der Waals surface area contributed by atoms with E-state index in [0.29, 0.717) is 11.5 Å². The largest absolute Gasteiger partial charge is 0.493 e. The summed E-state index contributed by atoms with van der Waals surface area (Å²) in [6.07, 6.45) is 4.17. The number of carbonyl (C=O) groups is 2. The molecule has 1 aliphatic carbocycles. The summed E-state index contributed by atoms with van der Waals surface area (Å²) in [6, 6.07) is 4.90. The van der Waals surface area contributed by atoms with E-state index in [1.54, 1.807) is 14.2 Å². The average molecular weight is 348 g/mol. The molecule has 0 spiro atoms. The third-order valence-electron chi connectivity index (χ3n) is 4.78. The summed E-state index contributed by atoms with van der Waals surface area (Å²) in [4.78, 5) is 24.2.